The Bertz CT molecular complexity index is 545. The smallest absolute Gasteiger partial charge is 0.335 e. The minimum Gasteiger partial charge on any atom is -0.478 e. The summed E-state index contributed by atoms with van der Waals surface area (Å²) in [6.45, 7) is 6.59. The van der Waals surface area contributed by atoms with Gasteiger partial charge in [0, 0.05) is 26.1 Å². The molecule has 1 saturated heterocycles. The Kier molecular flexibility index (Phi) is 6.79. The van der Waals surface area contributed by atoms with Crippen LogP contribution in [-0.4, -0.2) is 47.7 Å². The van der Waals surface area contributed by atoms with Gasteiger partial charge in [0.15, 0.2) is 0 Å². The van der Waals surface area contributed by atoms with Gasteiger partial charge in [-0.1, -0.05) is 26.0 Å². The van der Waals surface area contributed by atoms with Crippen LogP contribution in [0.25, 0.3) is 0 Å². The Morgan fingerprint density at radius 2 is 1.83 bits per heavy atom. The molecule has 1 N–H and O–H groups in total. The molecule has 132 valence electrons. The first-order chi connectivity index (χ1) is 11.5. The predicted molar refractivity (Wildman–Crippen MR) is 92.1 cm³/mol. The zero-order valence-corrected chi connectivity index (χ0v) is 14.5. The molecular formula is C19H27NO4. The summed E-state index contributed by atoms with van der Waals surface area (Å²) in [5.41, 5.74) is 1.26. The van der Waals surface area contributed by atoms with Gasteiger partial charge in [0.1, 0.15) is 0 Å². The van der Waals surface area contributed by atoms with Crippen molar-refractivity contribution in [3.05, 3.63) is 35.4 Å². The molecule has 1 aliphatic rings. The van der Waals surface area contributed by atoms with Crippen molar-refractivity contribution in [2.75, 3.05) is 19.7 Å². The molecule has 1 aromatic rings. The van der Waals surface area contributed by atoms with Crippen molar-refractivity contribution in [2.45, 2.75) is 45.6 Å². The molecule has 0 atom stereocenters. The third kappa shape index (κ3) is 5.64. The van der Waals surface area contributed by atoms with Gasteiger partial charge in [-0.25, -0.2) is 4.79 Å². The summed E-state index contributed by atoms with van der Waals surface area (Å²) in [5.74, 6) is -0.225. The van der Waals surface area contributed by atoms with Crippen molar-refractivity contribution in [1.29, 1.82) is 0 Å². The van der Waals surface area contributed by atoms with Crippen LogP contribution in [0.4, 0.5) is 0 Å². The largest absolute Gasteiger partial charge is 0.478 e. The summed E-state index contributed by atoms with van der Waals surface area (Å²) in [5, 5.41) is 8.88. The van der Waals surface area contributed by atoms with Crippen molar-refractivity contribution >= 4 is 11.9 Å². The number of hydrogen-bond acceptors (Lipinski definition) is 3. The second-order valence-electron chi connectivity index (χ2n) is 6.81. The Labute approximate surface area is 143 Å². The normalized spacial score (nSPS) is 15.7. The van der Waals surface area contributed by atoms with Gasteiger partial charge in [0.2, 0.25) is 5.91 Å². The van der Waals surface area contributed by atoms with E-state index in [0.29, 0.717) is 18.8 Å². The molecule has 0 aromatic heterocycles. The van der Waals surface area contributed by atoms with Crippen molar-refractivity contribution < 1.29 is 19.4 Å². The molecule has 0 spiro atoms. The summed E-state index contributed by atoms with van der Waals surface area (Å²) in [6, 6.07) is 6.73. The molecule has 0 unspecified atom stereocenters. The van der Waals surface area contributed by atoms with Gasteiger partial charge >= 0.3 is 5.97 Å². The van der Waals surface area contributed by atoms with E-state index in [0.717, 1.165) is 38.1 Å². The van der Waals surface area contributed by atoms with Crippen LogP contribution in [0.15, 0.2) is 24.3 Å². The van der Waals surface area contributed by atoms with Gasteiger partial charge in [-0.3, -0.25) is 4.79 Å². The second kappa shape index (κ2) is 8.83. The Morgan fingerprint density at radius 3 is 2.38 bits per heavy atom. The number of aromatic carboxylic acids is 1. The molecule has 1 amide bonds. The fraction of sp³-hybridized carbons (Fsp3) is 0.579. The number of rotatable bonds is 7. The van der Waals surface area contributed by atoms with Crippen LogP contribution in [0.3, 0.4) is 0 Å². The van der Waals surface area contributed by atoms with Gasteiger partial charge in [-0.2, -0.15) is 0 Å². The third-order valence-corrected chi connectivity index (χ3v) is 4.29. The first kappa shape index (κ1) is 18.5. The molecule has 1 aliphatic heterocycles. The number of carbonyl (C=O) groups is 2. The molecule has 0 radical (unpaired) electrons. The maximum Gasteiger partial charge on any atom is 0.335 e. The molecule has 5 nitrogen and oxygen atoms in total. The lowest BCUT2D eigenvalue weighted by molar-refractivity contribution is -0.133. The highest BCUT2D eigenvalue weighted by Crippen LogP contribution is 2.16. The van der Waals surface area contributed by atoms with Crippen LogP contribution < -0.4 is 0 Å². The monoisotopic (exact) mass is 333 g/mol. The summed E-state index contributed by atoms with van der Waals surface area (Å²) in [6.07, 6.45) is 3.20. The molecule has 2 rings (SSSR count). The number of hydrogen-bond donors (Lipinski definition) is 1. The van der Waals surface area contributed by atoms with Crippen molar-refractivity contribution in [3.63, 3.8) is 0 Å². The number of amides is 1. The van der Waals surface area contributed by atoms with Crippen molar-refractivity contribution in [2.24, 2.45) is 5.92 Å². The van der Waals surface area contributed by atoms with E-state index in [9.17, 15) is 9.59 Å². The number of carbonyl (C=O) groups excluding carboxylic acids is 1. The zero-order valence-electron chi connectivity index (χ0n) is 14.5. The topological polar surface area (TPSA) is 66.8 Å². The zero-order chi connectivity index (χ0) is 17.5. The van der Waals surface area contributed by atoms with E-state index in [1.807, 2.05) is 4.90 Å². The number of nitrogens with zero attached hydrogens (tertiary/aromatic N) is 1. The van der Waals surface area contributed by atoms with E-state index < -0.39 is 5.97 Å². The first-order valence-electron chi connectivity index (χ1n) is 8.67. The third-order valence-electron chi connectivity index (χ3n) is 4.29. The Balaban J connectivity index is 1.72. The fourth-order valence-corrected chi connectivity index (χ4v) is 2.82. The number of carboxylic acids is 1. The number of carboxylic acid groups (broad SMARTS) is 1. The van der Waals surface area contributed by atoms with Crippen molar-refractivity contribution in [3.8, 4) is 0 Å². The molecule has 5 heteroatoms. The summed E-state index contributed by atoms with van der Waals surface area (Å²) >= 11 is 0. The van der Waals surface area contributed by atoms with Crippen LogP contribution in [0, 0.1) is 5.92 Å². The van der Waals surface area contributed by atoms with E-state index in [2.05, 4.69) is 13.8 Å². The highest BCUT2D eigenvalue weighted by molar-refractivity contribution is 5.87. The number of ether oxygens (including phenoxy) is 1. The fourth-order valence-electron chi connectivity index (χ4n) is 2.82. The van der Waals surface area contributed by atoms with E-state index in [1.165, 1.54) is 0 Å². The second-order valence-corrected chi connectivity index (χ2v) is 6.81. The molecule has 0 bridgehead atoms. The standard InChI is InChI=1S/C19H27NO4/c1-14(2)13-24-17-9-11-20(12-10-17)18(21)8-5-15-3-6-16(7-4-15)19(22)23/h3-4,6-7,14,17H,5,8-13H2,1-2H3,(H,22,23). The maximum absolute atomic E-state index is 12.3. The first-order valence-corrected chi connectivity index (χ1v) is 8.67. The minimum atomic E-state index is -0.930. The molecule has 0 aliphatic carbocycles. The quantitative estimate of drug-likeness (QED) is 0.833. The average Bonchev–Trinajstić information content (AvgIpc) is 2.58. The van der Waals surface area contributed by atoms with Gasteiger partial charge in [-0.05, 0) is 42.9 Å². The lowest BCUT2D eigenvalue weighted by Crippen LogP contribution is -2.41. The predicted octanol–water partition coefficient (Wildman–Crippen LogP) is 2.98. The van der Waals surface area contributed by atoms with Gasteiger partial charge in [0.05, 0.1) is 11.7 Å². The number of likely N-dealkylation sites (tertiary alicyclic amines) is 1. The maximum atomic E-state index is 12.3. The molecule has 1 aromatic carbocycles. The summed E-state index contributed by atoms with van der Waals surface area (Å²) < 4.78 is 5.85. The Hall–Kier alpha value is -1.88. The number of aryl methyl sites for hydroxylation is 1. The van der Waals surface area contributed by atoms with E-state index in [-0.39, 0.29) is 17.6 Å². The molecule has 24 heavy (non-hydrogen) atoms. The highest BCUT2D eigenvalue weighted by atomic mass is 16.5. The van der Waals surface area contributed by atoms with Crippen LogP contribution >= 0.6 is 0 Å². The summed E-state index contributed by atoms with van der Waals surface area (Å²) in [7, 11) is 0. The van der Waals surface area contributed by atoms with Crippen LogP contribution in [0.2, 0.25) is 0 Å². The van der Waals surface area contributed by atoms with Crippen LogP contribution in [0.1, 0.15) is 49.0 Å². The van der Waals surface area contributed by atoms with Crippen molar-refractivity contribution in [1.82, 2.24) is 4.90 Å². The Morgan fingerprint density at radius 1 is 1.21 bits per heavy atom. The molecule has 0 saturated carbocycles. The number of piperidine rings is 1. The van der Waals surface area contributed by atoms with E-state index in [1.54, 1.807) is 24.3 Å². The van der Waals surface area contributed by atoms with Crippen LogP contribution in [-0.2, 0) is 16.0 Å². The van der Waals surface area contributed by atoms with Crippen LogP contribution in [0.5, 0.6) is 0 Å². The van der Waals surface area contributed by atoms with E-state index >= 15 is 0 Å². The average molecular weight is 333 g/mol. The molecular weight excluding hydrogens is 306 g/mol. The molecule has 1 fully saturated rings. The molecule has 1 heterocycles. The summed E-state index contributed by atoms with van der Waals surface area (Å²) in [4.78, 5) is 25.1. The van der Waals surface area contributed by atoms with Gasteiger partial charge in [0.25, 0.3) is 0 Å². The van der Waals surface area contributed by atoms with Gasteiger partial charge < -0.3 is 14.7 Å². The minimum absolute atomic E-state index is 0.166. The SMILES string of the molecule is CC(C)COC1CCN(C(=O)CCc2ccc(C(=O)O)cc2)CC1. The lowest BCUT2D eigenvalue weighted by atomic mass is 10.0. The lowest BCUT2D eigenvalue weighted by Gasteiger charge is -2.32. The van der Waals surface area contributed by atoms with E-state index in [4.69, 9.17) is 9.84 Å². The highest BCUT2D eigenvalue weighted by Gasteiger charge is 2.23. The van der Waals surface area contributed by atoms with Gasteiger partial charge in [-0.15, -0.1) is 0 Å². The number of benzene rings is 1.